The zero-order valence-electron chi connectivity index (χ0n) is 15.6. The Hall–Kier alpha value is -2.88. The molecule has 7 nitrogen and oxygen atoms in total. The van der Waals surface area contributed by atoms with Crippen LogP contribution in [-0.2, 0) is 11.0 Å². The van der Waals surface area contributed by atoms with Crippen molar-refractivity contribution in [3.63, 3.8) is 0 Å². The quantitative estimate of drug-likeness (QED) is 0.589. The van der Waals surface area contributed by atoms with E-state index in [1.165, 1.54) is 23.0 Å². The lowest BCUT2D eigenvalue weighted by molar-refractivity contribution is -0.137. The molecule has 30 heavy (non-hydrogen) atoms. The third kappa shape index (κ3) is 3.15. The van der Waals surface area contributed by atoms with Crippen LogP contribution in [0.4, 0.5) is 19.0 Å². The summed E-state index contributed by atoms with van der Waals surface area (Å²) < 4.78 is 40.6. The molecule has 2 saturated heterocycles. The van der Waals surface area contributed by atoms with Gasteiger partial charge in [0.2, 0.25) is 11.2 Å². The lowest BCUT2D eigenvalue weighted by Crippen LogP contribution is -2.60. The molecule has 1 aromatic carbocycles. The molecule has 0 spiro atoms. The van der Waals surface area contributed by atoms with E-state index in [9.17, 15) is 18.0 Å². The second kappa shape index (κ2) is 6.83. The van der Waals surface area contributed by atoms with Gasteiger partial charge in [0.05, 0.1) is 28.9 Å². The van der Waals surface area contributed by atoms with Gasteiger partial charge in [-0.3, -0.25) is 4.79 Å². The monoisotopic (exact) mass is 436 g/mol. The van der Waals surface area contributed by atoms with Crippen molar-refractivity contribution in [2.24, 2.45) is 0 Å². The van der Waals surface area contributed by atoms with Gasteiger partial charge in [0.15, 0.2) is 5.65 Å². The van der Waals surface area contributed by atoms with Crippen LogP contribution in [0.2, 0.25) is 5.28 Å². The van der Waals surface area contributed by atoms with Crippen LogP contribution in [0.25, 0.3) is 16.7 Å². The van der Waals surface area contributed by atoms with Crippen molar-refractivity contribution in [1.82, 2.24) is 24.6 Å². The Morgan fingerprint density at radius 3 is 2.67 bits per heavy atom. The molecule has 0 unspecified atom stereocenters. The molecule has 4 heterocycles. The fraction of sp³-hybridized carbons (Fsp3) is 0.368. The first kappa shape index (κ1) is 19.1. The van der Waals surface area contributed by atoms with Crippen molar-refractivity contribution in [3.05, 3.63) is 41.3 Å². The fourth-order valence-corrected chi connectivity index (χ4v) is 4.15. The molecular formula is C19H16ClF3N6O. The number of carbonyl (C=O) groups is 1. The minimum absolute atomic E-state index is 0.0214. The standard InChI is InChI=1S/C19H16ClF3N6O/c20-18-25-16(27-9-13(10-27)28-6-2-5-15(28)30)14-8-24-29(17(14)26-18)12-4-1-3-11(7-12)19(21,22)23/h1,3-4,7-8,13H,2,5-6,9-10H2. The fourth-order valence-electron chi connectivity index (χ4n) is 3.99. The van der Waals surface area contributed by atoms with Crippen LogP contribution in [0.3, 0.4) is 0 Å². The highest BCUT2D eigenvalue weighted by molar-refractivity contribution is 6.28. The van der Waals surface area contributed by atoms with Gasteiger partial charge in [-0.2, -0.15) is 28.2 Å². The van der Waals surface area contributed by atoms with Gasteiger partial charge < -0.3 is 9.80 Å². The minimum atomic E-state index is -4.46. The summed E-state index contributed by atoms with van der Waals surface area (Å²) in [5.74, 6) is 0.731. The van der Waals surface area contributed by atoms with Gasteiger partial charge in [-0.15, -0.1) is 0 Å². The van der Waals surface area contributed by atoms with Crippen LogP contribution in [0, 0.1) is 0 Å². The summed E-state index contributed by atoms with van der Waals surface area (Å²) in [6.07, 6.45) is -1.47. The third-order valence-corrected chi connectivity index (χ3v) is 5.68. The number of benzene rings is 1. The smallest absolute Gasteiger partial charge is 0.352 e. The number of carbonyl (C=O) groups excluding carboxylic acids is 1. The highest BCUT2D eigenvalue weighted by Gasteiger charge is 2.38. The number of aromatic nitrogens is 4. The first-order valence-corrected chi connectivity index (χ1v) is 9.82. The van der Waals surface area contributed by atoms with Gasteiger partial charge in [0.25, 0.3) is 0 Å². The van der Waals surface area contributed by atoms with Gasteiger partial charge in [-0.1, -0.05) is 6.07 Å². The van der Waals surface area contributed by atoms with Gasteiger partial charge >= 0.3 is 6.18 Å². The predicted molar refractivity (Wildman–Crippen MR) is 104 cm³/mol. The molecular weight excluding hydrogens is 421 g/mol. The molecule has 1 amide bonds. The molecule has 11 heteroatoms. The van der Waals surface area contributed by atoms with Crippen LogP contribution < -0.4 is 4.90 Å². The van der Waals surface area contributed by atoms with Crippen LogP contribution in [0.15, 0.2) is 30.5 Å². The normalized spacial score (nSPS) is 17.8. The van der Waals surface area contributed by atoms with Gasteiger partial charge in [0.1, 0.15) is 5.82 Å². The third-order valence-electron chi connectivity index (χ3n) is 5.51. The summed E-state index contributed by atoms with van der Waals surface area (Å²) in [6.45, 7) is 2.00. The van der Waals surface area contributed by atoms with Gasteiger partial charge in [-0.05, 0) is 36.2 Å². The van der Waals surface area contributed by atoms with Gasteiger partial charge in [-0.25, -0.2) is 4.68 Å². The molecule has 2 aromatic heterocycles. The predicted octanol–water partition coefficient (Wildman–Crippen LogP) is 3.30. The average molecular weight is 437 g/mol. The molecule has 5 rings (SSSR count). The second-order valence-electron chi connectivity index (χ2n) is 7.41. The molecule has 0 radical (unpaired) electrons. The number of hydrogen-bond acceptors (Lipinski definition) is 5. The van der Waals surface area contributed by atoms with E-state index in [-0.39, 0.29) is 22.9 Å². The summed E-state index contributed by atoms with van der Waals surface area (Å²) in [7, 11) is 0. The number of anilines is 1. The van der Waals surface area contributed by atoms with E-state index in [1.54, 1.807) is 0 Å². The Morgan fingerprint density at radius 1 is 1.17 bits per heavy atom. The number of fused-ring (bicyclic) bond motifs is 1. The number of halogens is 4. The first-order valence-electron chi connectivity index (χ1n) is 9.44. The Labute approximate surface area is 174 Å². The van der Waals surface area contributed by atoms with Crippen molar-refractivity contribution >= 4 is 34.4 Å². The number of amides is 1. The molecule has 2 fully saturated rings. The molecule has 0 aliphatic carbocycles. The zero-order chi connectivity index (χ0) is 21.0. The summed E-state index contributed by atoms with van der Waals surface area (Å²) >= 11 is 6.12. The summed E-state index contributed by atoms with van der Waals surface area (Å²) in [4.78, 5) is 24.3. The Balaban J connectivity index is 1.48. The number of hydrogen-bond donors (Lipinski definition) is 0. The van der Waals surface area contributed by atoms with Crippen molar-refractivity contribution in [2.45, 2.75) is 25.1 Å². The lowest BCUT2D eigenvalue weighted by Gasteiger charge is -2.44. The van der Waals surface area contributed by atoms with Crippen molar-refractivity contribution in [3.8, 4) is 5.69 Å². The van der Waals surface area contributed by atoms with Crippen LogP contribution in [-0.4, -0.2) is 56.2 Å². The number of alkyl halides is 3. The molecule has 0 N–H and O–H groups in total. The maximum absolute atomic E-state index is 13.1. The minimum Gasteiger partial charge on any atom is -0.352 e. The average Bonchev–Trinajstić information content (AvgIpc) is 3.26. The van der Waals surface area contributed by atoms with E-state index in [4.69, 9.17) is 11.6 Å². The Morgan fingerprint density at radius 2 is 1.97 bits per heavy atom. The van der Waals surface area contributed by atoms with E-state index in [0.717, 1.165) is 25.1 Å². The summed E-state index contributed by atoms with van der Waals surface area (Å²) in [5.41, 5.74) is -0.223. The van der Waals surface area contributed by atoms with E-state index in [2.05, 4.69) is 15.1 Å². The lowest BCUT2D eigenvalue weighted by atomic mass is 10.1. The molecule has 0 saturated carbocycles. The molecule has 0 atom stereocenters. The number of likely N-dealkylation sites (tertiary alicyclic amines) is 1. The topological polar surface area (TPSA) is 67.2 Å². The molecule has 3 aromatic rings. The SMILES string of the molecule is O=C1CCCN1C1CN(c2nc(Cl)nc3c2cnn3-c2cccc(C(F)(F)F)c2)C1. The maximum atomic E-state index is 13.1. The number of rotatable bonds is 3. The van der Waals surface area contributed by atoms with Crippen molar-refractivity contribution < 1.29 is 18.0 Å². The largest absolute Gasteiger partial charge is 0.416 e. The highest BCUT2D eigenvalue weighted by Crippen LogP contribution is 2.34. The van der Waals surface area contributed by atoms with E-state index in [0.29, 0.717) is 36.4 Å². The Bertz CT molecular complexity index is 1140. The molecule has 2 aliphatic rings. The molecule has 0 bridgehead atoms. The van der Waals surface area contributed by atoms with Crippen molar-refractivity contribution in [1.29, 1.82) is 0 Å². The second-order valence-corrected chi connectivity index (χ2v) is 7.75. The number of nitrogens with zero attached hydrogens (tertiary/aromatic N) is 6. The van der Waals surface area contributed by atoms with E-state index >= 15 is 0 Å². The van der Waals surface area contributed by atoms with Gasteiger partial charge in [0, 0.05) is 26.1 Å². The first-order chi connectivity index (χ1) is 14.3. The highest BCUT2D eigenvalue weighted by atomic mass is 35.5. The maximum Gasteiger partial charge on any atom is 0.416 e. The Kier molecular flexibility index (Phi) is 4.35. The van der Waals surface area contributed by atoms with Crippen LogP contribution in [0.5, 0.6) is 0 Å². The summed E-state index contributed by atoms with van der Waals surface area (Å²) in [5, 5.41) is 4.80. The molecule has 156 valence electrons. The van der Waals surface area contributed by atoms with Crippen LogP contribution in [0.1, 0.15) is 18.4 Å². The van der Waals surface area contributed by atoms with E-state index < -0.39 is 11.7 Å². The van der Waals surface area contributed by atoms with Crippen LogP contribution >= 0.6 is 11.6 Å². The van der Waals surface area contributed by atoms with Crippen molar-refractivity contribution in [2.75, 3.05) is 24.5 Å². The van der Waals surface area contributed by atoms with E-state index in [1.807, 2.05) is 9.80 Å². The summed E-state index contributed by atoms with van der Waals surface area (Å²) in [6, 6.07) is 4.99. The zero-order valence-corrected chi connectivity index (χ0v) is 16.4. The molecule has 2 aliphatic heterocycles.